The molecule has 1 saturated carbocycles. The van der Waals surface area contributed by atoms with E-state index < -0.39 is 23.0 Å². The summed E-state index contributed by atoms with van der Waals surface area (Å²) in [5.41, 5.74) is 2.84. The number of aliphatic carboxylic acids is 1. The molecule has 5 rings (SSSR count). The van der Waals surface area contributed by atoms with Crippen molar-refractivity contribution in [2.75, 3.05) is 19.7 Å². The van der Waals surface area contributed by atoms with Gasteiger partial charge in [0.05, 0.1) is 0 Å². The number of carboxylic acid groups (broad SMARTS) is 1. The molecule has 2 atom stereocenters. The van der Waals surface area contributed by atoms with Crippen molar-refractivity contribution >= 4 is 18.0 Å². The number of hydrogen-bond donors (Lipinski definition) is 2. The molecule has 184 valence electrons. The lowest BCUT2D eigenvalue weighted by atomic mass is 9.85. The van der Waals surface area contributed by atoms with E-state index in [0.29, 0.717) is 19.4 Å². The van der Waals surface area contributed by atoms with Gasteiger partial charge in [0.2, 0.25) is 5.91 Å². The molecule has 35 heavy (non-hydrogen) atoms. The summed E-state index contributed by atoms with van der Waals surface area (Å²) in [7, 11) is 0. The van der Waals surface area contributed by atoms with E-state index >= 15 is 0 Å². The van der Waals surface area contributed by atoms with Gasteiger partial charge in [-0.3, -0.25) is 4.79 Å². The third kappa shape index (κ3) is 3.97. The number of carbonyl (C=O) groups is 3. The van der Waals surface area contributed by atoms with Crippen molar-refractivity contribution in [1.29, 1.82) is 0 Å². The maximum absolute atomic E-state index is 13.3. The molecule has 2 aliphatic carbocycles. The lowest BCUT2D eigenvalue weighted by molar-refractivity contribution is -0.159. The van der Waals surface area contributed by atoms with E-state index in [1.165, 1.54) is 11.1 Å². The molecule has 1 aliphatic heterocycles. The van der Waals surface area contributed by atoms with Crippen molar-refractivity contribution in [3.8, 4) is 11.1 Å². The van der Waals surface area contributed by atoms with Gasteiger partial charge < -0.3 is 20.1 Å². The number of likely N-dealkylation sites (tertiary alicyclic amines) is 1. The molecule has 1 saturated heterocycles. The van der Waals surface area contributed by atoms with Crippen molar-refractivity contribution in [3.63, 3.8) is 0 Å². The smallest absolute Gasteiger partial charge is 0.407 e. The number of carbonyl (C=O) groups excluding carboxylic acids is 2. The summed E-state index contributed by atoms with van der Waals surface area (Å²) in [5, 5.41) is 12.6. The fourth-order valence-corrected chi connectivity index (χ4v) is 5.94. The molecule has 7 heteroatoms. The number of nitrogens with zero attached hydrogens (tertiary/aromatic N) is 1. The van der Waals surface area contributed by atoms with Crippen LogP contribution >= 0.6 is 0 Å². The quantitative estimate of drug-likeness (QED) is 0.617. The number of amides is 2. The minimum atomic E-state index is -1.02. The topological polar surface area (TPSA) is 95.9 Å². The molecule has 2 amide bonds. The van der Waals surface area contributed by atoms with Crippen LogP contribution in [0.2, 0.25) is 0 Å². The van der Waals surface area contributed by atoms with Crippen molar-refractivity contribution < 1.29 is 24.2 Å². The molecule has 2 fully saturated rings. The minimum Gasteiger partial charge on any atom is -0.479 e. The molecular weight excluding hydrogens is 444 g/mol. The van der Waals surface area contributed by atoms with Gasteiger partial charge in [-0.1, -0.05) is 62.4 Å². The van der Waals surface area contributed by atoms with E-state index in [9.17, 15) is 19.5 Å². The van der Waals surface area contributed by atoms with Crippen LogP contribution in [0.15, 0.2) is 48.5 Å². The van der Waals surface area contributed by atoms with Crippen molar-refractivity contribution in [2.45, 2.75) is 51.0 Å². The molecule has 2 N–H and O–H groups in total. The SMILES string of the molecule is CC(C)(CCNC(=O)OCC1c2ccccc2-c2ccccc21)C(=O)N1CCCC2CC21C(=O)O. The van der Waals surface area contributed by atoms with Gasteiger partial charge in [0.25, 0.3) is 0 Å². The third-order valence-corrected chi connectivity index (χ3v) is 8.05. The second-order valence-corrected chi connectivity index (χ2v) is 10.6. The van der Waals surface area contributed by atoms with Crippen molar-refractivity contribution in [2.24, 2.45) is 11.3 Å². The van der Waals surface area contributed by atoms with Crippen LogP contribution in [0.3, 0.4) is 0 Å². The Hall–Kier alpha value is -3.35. The normalized spacial score (nSPS) is 22.6. The Labute approximate surface area is 205 Å². The van der Waals surface area contributed by atoms with Crippen LogP contribution in [0.1, 0.15) is 56.6 Å². The molecule has 1 heterocycles. The van der Waals surface area contributed by atoms with Crippen LogP contribution in [0, 0.1) is 11.3 Å². The first-order valence-corrected chi connectivity index (χ1v) is 12.4. The summed E-state index contributed by atoms with van der Waals surface area (Å²) in [6.45, 7) is 4.61. The number of fused-ring (bicyclic) bond motifs is 4. The van der Waals surface area contributed by atoms with Gasteiger partial charge in [0.1, 0.15) is 12.1 Å². The van der Waals surface area contributed by atoms with E-state index in [0.717, 1.165) is 24.0 Å². The number of carboxylic acids is 1. The molecule has 0 bridgehead atoms. The van der Waals surface area contributed by atoms with Gasteiger partial charge in [0, 0.05) is 24.4 Å². The first-order chi connectivity index (χ1) is 16.8. The second-order valence-electron chi connectivity index (χ2n) is 10.6. The average Bonchev–Trinajstić information content (AvgIpc) is 3.53. The summed E-state index contributed by atoms with van der Waals surface area (Å²) >= 11 is 0. The zero-order valence-electron chi connectivity index (χ0n) is 20.3. The molecule has 7 nitrogen and oxygen atoms in total. The largest absolute Gasteiger partial charge is 0.479 e. The number of benzene rings is 2. The number of ether oxygens (including phenoxy) is 1. The Bertz CT molecular complexity index is 1130. The number of piperidine rings is 1. The first-order valence-electron chi connectivity index (χ1n) is 12.4. The average molecular weight is 477 g/mol. The highest BCUT2D eigenvalue weighted by Crippen LogP contribution is 2.55. The Morgan fingerprint density at radius 1 is 1.09 bits per heavy atom. The Morgan fingerprint density at radius 2 is 1.71 bits per heavy atom. The number of alkyl carbamates (subject to hydrolysis) is 1. The van der Waals surface area contributed by atoms with Crippen LogP contribution in [0.4, 0.5) is 4.79 Å². The minimum absolute atomic E-state index is 0.0102. The van der Waals surface area contributed by atoms with E-state index in [1.54, 1.807) is 4.90 Å². The van der Waals surface area contributed by atoms with Crippen molar-refractivity contribution in [1.82, 2.24) is 10.2 Å². The number of rotatable bonds is 7. The summed E-state index contributed by atoms with van der Waals surface area (Å²) in [6, 6.07) is 16.4. The highest BCUT2D eigenvalue weighted by molar-refractivity contribution is 5.92. The van der Waals surface area contributed by atoms with Crippen molar-refractivity contribution in [3.05, 3.63) is 59.7 Å². The van der Waals surface area contributed by atoms with E-state index in [1.807, 2.05) is 38.1 Å². The maximum atomic E-state index is 13.3. The molecule has 3 aliphatic rings. The second kappa shape index (κ2) is 8.70. The zero-order chi connectivity index (χ0) is 24.8. The van der Waals surface area contributed by atoms with Gasteiger partial charge in [-0.2, -0.15) is 0 Å². The molecule has 2 aromatic rings. The van der Waals surface area contributed by atoms with Crippen LogP contribution in [0.5, 0.6) is 0 Å². The van der Waals surface area contributed by atoms with Crippen LogP contribution < -0.4 is 5.32 Å². The lowest BCUT2D eigenvalue weighted by Crippen LogP contribution is -2.55. The zero-order valence-corrected chi connectivity index (χ0v) is 20.3. The van der Waals surface area contributed by atoms with E-state index in [2.05, 4.69) is 29.6 Å². The monoisotopic (exact) mass is 476 g/mol. The molecule has 2 unspecified atom stereocenters. The van der Waals surface area contributed by atoms with E-state index in [4.69, 9.17) is 4.74 Å². The van der Waals surface area contributed by atoms with Gasteiger partial charge in [-0.15, -0.1) is 0 Å². The standard InChI is InChI=1S/C28H32N2O5/c1-27(2,24(31)30-15-7-8-18-16-28(18,30)25(32)33)13-14-29-26(34)35-17-23-21-11-5-3-9-19(21)20-10-4-6-12-22(20)23/h3-6,9-12,18,23H,7-8,13-17H2,1-2H3,(H,29,34)(H,32,33). The summed E-state index contributed by atoms with van der Waals surface area (Å²) in [4.78, 5) is 39.3. The van der Waals surface area contributed by atoms with Gasteiger partial charge >= 0.3 is 12.1 Å². The third-order valence-electron chi connectivity index (χ3n) is 8.05. The Balaban J connectivity index is 1.15. The Kier molecular flexibility index (Phi) is 5.82. The molecule has 2 aromatic carbocycles. The summed E-state index contributed by atoms with van der Waals surface area (Å²) in [6.07, 6.45) is 2.12. The van der Waals surface area contributed by atoms with Crippen LogP contribution in [0.25, 0.3) is 11.1 Å². The fraction of sp³-hybridized carbons (Fsp3) is 0.464. The van der Waals surface area contributed by atoms with Crippen LogP contribution in [-0.4, -0.2) is 53.2 Å². The van der Waals surface area contributed by atoms with Gasteiger partial charge in [-0.25, -0.2) is 9.59 Å². The van der Waals surface area contributed by atoms with Gasteiger partial charge in [-0.05, 0) is 53.9 Å². The first kappa shape index (κ1) is 23.4. The lowest BCUT2D eigenvalue weighted by Gasteiger charge is -2.39. The molecule has 0 aromatic heterocycles. The molecular formula is C28H32N2O5. The highest BCUT2D eigenvalue weighted by atomic mass is 16.5. The number of hydrogen-bond acceptors (Lipinski definition) is 4. The maximum Gasteiger partial charge on any atom is 0.407 e. The Morgan fingerprint density at radius 3 is 2.34 bits per heavy atom. The predicted molar refractivity (Wildman–Crippen MR) is 131 cm³/mol. The van der Waals surface area contributed by atoms with Crippen LogP contribution in [-0.2, 0) is 14.3 Å². The molecule has 0 radical (unpaired) electrons. The summed E-state index contributed by atoms with van der Waals surface area (Å²) < 4.78 is 5.58. The van der Waals surface area contributed by atoms with Gasteiger partial charge in [0.15, 0.2) is 0 Å². The number of nitrogens with one attached hydrogen (secondary N) is 1. The summed E-state index contributed by atoms with van der Waals surface area (Å²) in [5.74, 6) is -1.00. The predicted octanol–water partition coefficient (Wildman–Crippen LogP) is 4.41. The fourth-order valence-electron chi connectivity index (χ4n) is 5.94. The molecule has 0 spiro atoms. The van der Waals surface area contributed by atoms with E-state index in [-0.39, 0.29) is 30.9 Å². The highest BCUT2D eigenvalue weighted by Gasteiger charge is 2.67.